The first-order valence-electron chi connectivity index (χ1n) is 5.22. The summed E-state index contributed by atoms with van der Waals surface area (Å²) in [6.45, 7) is 3.51. The second-order valence-electron chi connectivity index (χ2n) is 3.58. The summed E-state index contributed by atoms with van der Waals surface area (Å²) in [7, 11) is 0. The van der Waals surface area contributed by atoms with E-state index in [1.807, 2.05) is 0 Å². The van der Waals surface area contributed by atoms with Crippen LogP contribution in [0.5, 0.6) is 11.5 Å². The van der Waals surface area contributed by atoms with Gasteiger partial charge in [-0.05, 0) is 26.0 Å². The van der Waals surface area contributed by atoms with Crippen molar-refractivity contribution in [2.24, 2.45) is 0 Å². The molecule has 4 nitrogen and oxygen atoms in total. The first kappa shape index (κ1) is 12.9. The van der Waals surface area contributed by atoms with E-state index in [1.165, 1.54) is 0 Å². The van der Waals surface area contributed by atoms with Crippen molar-refractivity contribution >= 4 is 5.91 Å². The summed E-state index contributed by atoms with van der Waals surface area (Å²) >= 11 is 0. The van der Waals surface area contributed by atoms with Crippen molar-refractivity contribution in [3.8, 4) is 23.8 Å². The van der Waals surface area contributed by atoms with E-state index in [0.29, 0.717) is 11.3 Å². The van der Waals surface area contributed by atoms with Gasteiger partial charge in [0.2, 0.25) is 0 Å². The number of aromatic hydroxyl groups is 1. The molecule has 90 valence electrons. The number of phenols is 1. The number of rotatable bonds is 4. The van der Waals surface area contributed by atoms with Crippen molar-refractivity contribution in [2.75, 3.05) is 6.54 Å². The molecule has 2 N–H and O–H groups in total. The molecule has 1 atom stereocenters. The number of phenolic OH excluding ortho intramolecular Hbond substituents is 1. The van der Waals surface area contributed by atoms with Crippen LogP contribution in [0.2, 0.25) is 0 Å². The van der Waals surface area contributed by atoms with Crippen LogP contribution in [-0.4, -0.2) is 23.7 Å². The van der Waals surface area contributed by atoms with Gasteiger partial charge in [0.25, 0.3) is 5.91 Å². The highest BCUT2D eigenvalue weighted by Crippen LogP contribution is 2.26. The van der Waals surface area contributed by atoms with Gasteiger partial charge in [-0.25, -0.2) is 0 Å². The molecule has 0 aliphatic heterocycles. The molecule has 1 rings (SSSR count). The van der Waals surface area contributed by atoms with Crippen LogP contribution in [0.15, 0.2) is 18.2 Å². The number of ether oxygens (including phenoxy) is 1. The van der Waals surface area contributed by atoms with E-state index >= 15 is 0 Å². The molecule has 0 radical (unpaired) electrons. The number of hydrogen-bond donors (Lipinski definition) is 2. The van der Waals surface area contributed by atoms with Gasteiger partial charge in [0.15, 0.2) is 6.10 Å². The second-order valence-corrected chi connectivity index (χ2v) is 3.58. The summed E-state index contributed by atoms with van der Waals surface area (Å²) < 4.78 is 5.44. The first-order chi connectivity index (χ1) is 8.06. The summed E-state index contributed by atoms with van der Waals surface area (Å²) in [5.74, 6) is 2.64. The van der Waals surface area contributed by atoms with Gasteiger partial charge in [-0.1, -0.05) is 12.0 Å². The van der Waals surface area contributed by atoms with E-state index in [2.05, 4.69) is 11.2 Å². The highest BCUT2D eigenvalue weighted by Gasteiger charge is 2.15. The zero-order chi connectivity index (χ0) is 12.8. The number of nitrogens with one attached hydrogen (secondary N) is 1. The number of hydrogen-bond acceptors (Lipinski definition) is 3. The van der Waals surface area contributed by atoms with Gasteiger partial charge >= 0.3 is 0 Å². The molecule has 4 heteroatoms. The Morgan fingerprint density at radius 3 is 3.00 bits per heavy atom. The predicted octanol–water partition coefficient (Wildman–Crippen LogP) is 1.22. The summed E-state index contributed by atoms with van der Waals surface area (Å²) in [6, 6.07) is 4.91. The lowest BCUT2D eigenvalue weighted by Gasteiger charge is -2.15. The molecule has 0 aliphatic carbocycles. The van der Waals surface area contributed by atoms with E-state index in [1.54, 1.807) is 32.0 Å². The minimum absolute atomic E-state index is 0.138. The van der Waals surface area contributed by atoms with Crippen molar-refractivity contribution in [3.63, 3.8) is 0 Å². The van der Waals surface area contributed by atoms with Crippen molar-refractivity contribution < 1.29 is 14.6 Å². The Morgan fingerprint density at radius 2 is 2.35 bits per heavy atom. The molecule has 17 heavy (non-hydrogen) atoms. The molecule has 0 spiro atoms. The summed E-state index contributed by atoms with van der Waals surface area (Å²) in [5.41, 5.74) is 0.601. The summed E-state index contributed by atoms with van der Waals surface area (Å²) in [6.07, 6.45) is 4.37. The highest BCUT2D eigenvalue weighted by atomic mass is 16.5. The van der Waals surface area contributed by atoms with Gasteiger partial charge in [-0.2, -0.15) is 0 Å². The van der Waals surface area contributed by atoms with Crippen LogP contribution in [0.1, 0.15) is 12.5 Å². The minimum atomic E-state index is -0.663. The summed E-state index contributed by atoms with van der Waals surface area (Å²) in [5, 5.41) is 12.0. The zero-order valence-electron chi connectivity index (χ0n) is 9.86. The summed E-state index contributed by atoms with van der Waals surface area (Å²) in [4.78, 5) is 11.5. The molecule has 1 amide bonds. The molecule has 1 aromatic carbocycles. The van der Waals surface area contributed by atoms with E-state index < -0.39 is 6.10 Å². The number of benzene rings is 1. The van der Waals surface area contributed by atoms with E-state index in [0.717, 1.165) is 0 Å². The zero-order valence-corrected chi connectivity index (χ0v) is 9.86. The molecule has 0 bridgehead atoms. The predicted molar refractivity (Wildman–Crippen MR) is 64.8 cm³/mol. The fourth-order valence-electron chi connectivity index (χ4n) is 1.26. The van der Waals surface area contributed by atoms with Gasteiger partial charge in [0.05, 0.1) is 6.54 Å². The average Bonchev–Trinajstić information content (AvgIpc) is 2.31. The van der Waals surface area contributed by atoms with Crippen LogP contribution >= 0.6 is 0 Å². The Hall–Kier alpha value is -2.15. The lowest BCUT2D eigenvalue weighted by Crippen LogP contribution is -2.36. The van der Waals surface area contributed by atoms with E-state index in [4.69, 9.17) is 11.2 Å². The standard InChI is InChI=1S/C13H15NO3/c1-4-8-14-13(16)10(3)17-12-7-5-6-11(15)9(12)2/h1,5-7,10,15H,8H2,2-3H3,(H,14,16). The largest absolute Gasteiger partial charge is 0.508 e. The molecule has 0 saturated carbocycles. The minimum Gasteiger partial charge on any atom is -0.508 e. The second kappa shape index (κ2) is 5.80. The maximum Gasteiger partial charge on any atom is 0.261 e. The maximum absolute atomic E-state index is 11.5. The van der Waals surface area contributed by atoms with Gasteiger partial charge in [-0.15, -0.1) is 6.42 Å². The quantitative estimate of drug-likeness (QED) is 0.769. The third kappa shape index (κ3) is 3.42. The third-order valence-corrected chi connectivity index (χ3v) is 2.29. The number of carbonyl (C=O) groups is 1. The van der Waals surface area contributed by atoms with Crippen LogP contribution in [0, 0.1) is 19.3 Å². The lowest BCUT2D eigenvalue weighted by molar-refractivity contribution is -0.127. The van der Waals surface area contributed by atoms with Gasteiger partial charge in [0, 0.05) is 5.56 Å². The fourth-order valence-corrected chi connectivity index (χ4v) is 1.26. The third-order valence-electron chi connectivity index (χ3n) is 2.29. The highest BCUT2D eigenvalue weighted by molar-refractivity contribution is 5.81. The van der Waals surface area contributed by atoms with Crippen LogP contribution < -0.4 is 10.1 Å². The lowest BCUT2D eigenvalue weighted by atomic mass is 10.2. The SMILES string of the molecule is C#CCNC(=O)C(C)Oc1cccc(O)c1C. The number of carbonyl (C=O) groups excluding carboxylic acids is 1. The average molecular weight is 233 g/mol. The molecule has 0 fully saturated rings. The topological polar surface area (TPSA) is 58.6 Å². The molecule has 1 aromatic rings. The molecular formula is C13H15NO3. The van der Waals surface area contributed by atoms with Crippen LogP contribution in [-0.2, 0) is 4.79 Å². The van der Waals surface area contributed by atoms with Gasteiger partial charge in [0.1, 0.15) is 11.5 Å². The van der Waals surface area contributed by atoms with Crippen LogP contribution in [0.3, 0.4) is 0 Å². The Balaban J connectivity index is 2.68. The van der Waals surface area contributed by atoms with Gasteiger partial charge < -0.3 is 15.2 Å². The van der Waals surface area contributed by atoms with Crippen LogP contribution in [0.25, 0.3) is 0 Å². The maximum atomic E-state index is 11.5. The molecule has 0 saturated heterocycles. The molecule has 0 heterocycles. The van der Waals surface area contributed by atoms with Crippen molar-refractivity contribution in [1.82, 2.24) is 5.32 Å². The molecule has 1 unspecified atom stereocenters. The molecule has 0 aromatic heterocycles. The molecular weight excluding hydrogens is 218 g/mol. The normalized spacial score (nSPS) is 11.4. The fraction of sp³-hybridized carbons (Fsp3) is 0.308. The van der Waals surface area contributed by atoms with Crippen molar-refractivity contribution in [2.45, 2.75) is 20.0 Å². The van der Waals surface area contributed by atoms with Crippen molar-refractivity contribution in [3.05, 3.63) is 23.8 Å². The Bertz CT molecular complexity index is 448. The van der Waals surface area contributed by atoms with Crippen LogP contribution in [0.4, 0.5) is 0 Å². The van der Waals surface area contributed by atoms with E-state index in [-0.39, 0.29) is 18.2 Å². The monoisotopic (exact) mass is 233 g/mol. The Morgan fingerprint density at radius 1 is 1.65 bits per heavy atom. The molecule has 0 aliphatic rings. The Labute approximate surface area is 101 Å². The van der Waals surface area contributed by atoms with Crippen molar-refractivity contribution in [1.29, 1.82) is 0 Å². The number of amides is 1. The Kier molecular flexibility index (Phi) is 4.41. The number of terminal acetylenes is 1. The first-order valence-corrected chi connectivity index (χ1v) is 5.22. The smallest absolute Gasteiger partial charge is 0.261 e. The van der Waals surface area contributed by atoms with Gasteiger partial charge in [-0.3, -0.25) is 4.79 Å². The van der Waals surface area contributed by atoms with E-state index in [9.17, 15) is 9.90 Å².